The third-order valence-electron chi connectivity index (χ3n) is 3.50. The summed E-state index contributed by atoms with van der Waals surface area (Å²) in [6.07, 6.45) is 3.67. The number of methoxy groups -OCH3 is 1. The van der Waals surface area contributed by atoms with Gasteiger partial charge < -0.3 is 9.47 Å². The van der Waals surface area contributed by atoms with Gasteiger partial charge in [0.15, 0.2) is 11.5 Å². The van der Waals surface area contributed by atoms with Gasteiger partial charge in [0.05, 0.1) is 7.11 Å². The number of benzene rings is 2. The minimum absolute atomic E-state index is 0.0345. The Hall–Kier alpha value is -2.18. The zero-order chi connectivity index (χ0) is 17.6. The van der Waals surface area contributed by atoms with Crippen LogP contribution in [0.4, 0.5) is 0 Å². The summed E-state index contributed by atoms with van der Waals surface area (Å²) >= 11 is 2.63. The molecule has 6 heteroatoms. The van der Waals surface area contributed by atoms with Crippen molar-refractivity contribution in [1.29, 1.82) is 0 Å². The van der Waals surface area contributed by atoms with Crippen molar-refractivity contribution in [3.8, 4) is 11.5 Å². The first kappa shape index (κ1) is 17.6. The second-order valence-electron chi connectivity index (χ2n) is 5.19. The van der Waals surface area contributed by atoms with Gasteiger partial charge in [-0.25, -0.2) is 4.99 Å². The Labute approximate surface area is 155 Å². The normalized spacial score (nSPS) is 15.4. The Bertz CT molecular complexity index is 832. The van der Waals surface area contributed by atoms with E-state index >= 15 is 0 Å². The first-order chi connectivity index (χ1) is 12.2. The summed E-state index contributed by atoms with van der Waals surface area (Å²) in [4.78, 5) is 16.3. The van der Waals surface area contributed by atoms with E-state index in [9.17, 15) is 4.79 Å². The van der Waals surface area contributed by atoms with Gasteiger partial charge in [-0.15, -0.1) is 11.8 Å². The maximum atomic E-state index is 11.9. The van der Waals surface area contributed by atoms with E-state index in [4.69, 9.17) is 9.47 Å². The standard InChI is InChI=1S/C19H17NO3S2/c1-22-17-11-14(10-15-18(21)25-19(20-15)24-2)8-9-16(17)23-12-13-6-4-3-5-7-13/h3-11H,12H2,1-2H3. The molecule has 0 saturated carbocycles. The van der Waals surface area contributed by atoms with Crippen LogP contribution in [0, 0.1) is 0 Å². The third-order valence-corrected chi connectivity index (χ3v) is 5.35. The van der Waals surface area contributed by atoms with Crippen LogP contribution < -0.4 is 9.47 Å². The summed E-state index contributed by atoms with van der Waals surface area (Å²) in [5, 5.41) is -0.0345. The van der Waals surface area contributed by atoms with Crippen molar-refractivity contribution in [3.63, 3.8) is 0 Å². The first-order valence-electron chi connectivity index (χ1n) is 7.61. The minimum atomic E-state index is -0.0345. The van der Waals surface area contributed by atoms with E-state index in [1.165, 1.54) is 11.8 Å². The van der Waals surface area contributed by atoms with Gasteiger partial charge in [-0.3, -0.25) is 4.79 Å². The number of ether oxygens (including phenoxy) is 2. The summed E-state index contributed by atoms with van der Waals surface area (Å²) in [5.41, 5.74) is 2.39. The molecule has 1 aliphatic rings. The number of aliphatic imine (C=N–C) groups is 1. The SMILES string of the molecule is COc1cc(C=C2N=C(SC)SC2=O)ccc1OCc1ccccc1. The number of hydrogen-bond donors (Lipinski definition) is 0. The molecule has 0 aliphatic carbocycles. The van der Waals surface area contributed by atoms with Crippen molar-refractivity contribution < 1.29 is 14.3 Å². The van der Waals surface area contributed by atoms with E-state index < -0.39 is 0 Å². The molecule has 25 heavy (non-hydrogen) atoms. The average molecular weight is 371 g/mol. The van der Waals surface area contributed by atoms with Gasteiger partial charge in [0.1, 0.15) is 16.7 Å². The predicted molar refractivity (Wildman–Crippen MR) is 105 cm³/mol. The molecule has 1 aliphatic heterocycles. The smallest absolute Gasteiger partial charge is 0.244 e. The Morgan fingerprint density at radius 3 is 2.64 bits per heavy atom. The number of thioether (sulfide) groups is 2. The molecule has 0 fully saturated rings. The van der Waals surface area contributed by atoms with Crippen molar-refractivity contribution in [2.75, 3.05) is 13.4 Å². The Balaban J connectivity index is 1.78. The lowest BCUT2D eigenvalue weighted by Crippen LogP contribution is -1.98. The molecule has 0 unspecified atom stereocenters. The molecule has 0 radical (unpaired) electrons. The lowest BCUT2D eigenvalue weighted by Gasteiger charge is -2.11. The number of hydrogen-bond acceptors (Lipinski definition) is 6. The quantitative estimate of drug-likeness (QED) is 0.719. The van der Waals surface area contributed by atoms with Crippen molar-refractivity contribution in [1.82, 2.24) is 0 Å². The topological polar surface area (TPSA) is 47.9 Å². The van der Waals surface area contributed by atoms with Crippen molar-refractivity contribution in [2.24, 2.45) is 4.99 Å². The molecule has 0 spiro atoms. The third kappa shape index (κ3) is 4.46. The molecule has 0 bridgehead atoms. The molecule has 0 atom stereocenters. The highest BCUT2D eigenvalue weighted by molar-refractivity contribution is 8.45. The van der Waals surface area contributed by atoms with Gasteiger partial charge in [-0.05, 0) is 47.4 Å². The van der Waals surface area contributed by atoms with Gasteiger partial charge in [0.2, 0.25) is 5.12 Å². The molecule has 2 aromatic carbocycles. The van der Waals surface area contributed by atoms with Crippen LogP contribution in [0.25, 0.3) is 6.08 Å². The largest absolute Gasteiger partial charge is 0.493 e. The van der Waals surface area contributed by atoms with Crippen molar-refractivity contribution >= 4 is 39.1 Å². The Morgan fingerprint density at radius 2 is 1.96 bits per heavy atom. The van der Waals surface area contributed by atoms with E-state index in [0.29, 0.717) is 23.8 Å². The fourth-order valence-corrected chi connectivity index (χ4v) is 3.53. The molecule has 0 amide bonds. The van der Waals surface area contributed by atoms with Gasteiger partial charge >= 0.3 is 0 Å². The second-order valence-corrected chi connectivity index (χ2v) is 7.20. The second kappa shape index (κ2) is 8.27. The number of carbonyl (C=O) groups is 1. The Kier molecular flexibility index (Phi) is 5.83. The first-order valence-corrected chi connectivity index (χ1v) is 9.65. The van der Waals surface area contributed by atoms with Crippen molar-refractivity contribution in [2.45, 2.75) is 6.61 Å². The average Bonchev–Trinajstić information content (AvgIpc) is 3.01. The fourth-order valence-electron chi connectivity index (χ4n) is 2.26. The molecule has 128 valence electrons. The number of carbonyl (C=O) groups excluding carboxylic acids is 1. The Morgan fingerprint density at radius 1 is 1.16 bits per heavy atom. The van der Waals surface area contributed by atoms with E-state index in [0.717, 1.165) is 27.3 Å². The predicted octanol–water partition coefficient (Wildman–Crippen LogP) is 4.61. The molecule has 0 saturated heterocycles. The van der Waals surface area contributed by atoms with Gasteiger partial charge in [0.25, 0.3) is 0 Å². The van der Waals surface area contributed by atoms with Gasteiger partial charge in [-0.1, -0.05) is 36.4 Å². The van der Waals surface area contributed by atoms with Crippen LogP contribution in [0.3, 0.4) is 0 Å². The van der Waals surface area contributed by atoms with Gasteiger partial charge in [-0.2, -0.15) is 0 Å². The van der Waals surface area contributed by atoms with E-state index in [1.54, 1.807) is 13.2 Å². The van der Waals surface area contributed by atoms with Crippen LogP contribution in [0.2, 0.25) is 0 Å². The lowest BCUT2D eigenvalue weighted by atomic mass is 10.1. The highest BCUT2D eigenvalue weighted by Crippen LogP contribution is 2.33. The van der Waals surface area contributed by atoms with Crippen LogP contribution >= 0.6 is 23.5 Å². The van der Waals surface area contributed by atoms with Crippen LogP contribution in [-0.2, 0) is 11.4 Å². The molecule has 1 heterocycles. The molecule has 4 nitrogen and oxygen atoms in total. The maximum absolute atomic E-state index is 11.9. The zero-order valence-corrected chi connectivity index (χ0v) is 15.5. The lowest BCUT2D eigenvalue weighted by molar-refractivity contribution is -0.107. The van der Waals surface area contributed by atoms with Crippen LogP contribution in [0.15, 0.2) is 59.2 Å². The number of rotatable bonds is 5. The summed E-state index contributed by atoms with van der Waals surface area (Å²) < 4.78 is 12.0. The maximum Gasteiger partial charge on any atom is 0.244 e. The van der Waals surface area contributed by atoms with Crippen molar-refractivity contribution in [3.05, 3.63) is 65.4 Å². The zero-order valence-electron chi connectivity index (χ0n) is 13.9. The molecule has 2 aromatic rings. The van der Waals surface area contributed by atoms with E-state index in [2.05, 4.69) is 4.99 Å². The summed E-state index contributed by atoms with van der Waals surface area (Å²) in [7, 11) is 1.60. The summed E-state index contributed by atoms with van der Waals surface area (Å²) in [6.45, 7) is 0.466. The highest BCUT2D eigenvalue weighted by atomic mass is 32.2. The van der Waals surface area contributed by atoms with Crippen LogP contribution in [-0.4, -0.2) is 22.9 Å². The molecule has 3 rings (SSSR count). The van der Waals surface area contributed by atoms with E-state index in [1.807, 2.05) is 54.8 Å². The summed E-state index contributed by atoms with van der Waals surface area (Å²) in [5.74, 6) is 1.28. The number of nitrogens with zero attached hydrogens (tertiary/aromatic N) is 1. The monoisotopic (exact) mass is 371 g/mol. The minimum Gasteiger partial charge on any atom is -0.493 e. The molecular formula is C19H17NO3S2. The van der Waals surface area contributed by atoms with Crippen LogP contribution in [0.5, 0.6) is 11.5 Å². The highest BCUT2D eigenvalue weighted by Gasteiger charge is 2.21. The summed E-state index contributed by atoms with van der Waals surface area (Å²) in [6, 6.07) is 15.5. The fraction of sp³-hybridized carbons (Fsp3) is 0.158. The van der Waals surface area contributed by atoms with E-state index in [-0.39, 0.29) is 5.12 Å². The van der Waals surface area contributed by atoms with Gasteiger partial charge in [0, 0.05) is 0 Å². The van der Waals surface area contributed by atoms with Crippen LogP contribution in [0.1, 0.15) is 11.1 Å². The molecule has 0 N–H and O–H groups in total. The molecule has 0 aromatic heterocycles. The molecular weight excluding hydrogens is 354 g/mol.